The number of carbonyl (C=O) groups excluding carboxylic acids is 5. The number of rotatable bonds is 12. The first-order valence-electron chi connectivity index (χ1n) is 19.2. The third-order valence-electron chi connectivity index (χ3n) is 9.67. The molecule has 2 saturated heterocycles. The summed E-state index contributed by atoms with van der Waals surface area (Å²) in [6, 6.07) is 14.1. The number of hydrogen-bond donors (Lipinski definition) is 2. The van der Waals surface area contributed by atoms with Gasteiger partial charge in [0.05, 0.1) is 62.7 Å². The van der Waals surface area contributed by atoms with Gasteiger partial charge >= 0.3 is 18.5 Å². The Morgan fingerprint density at radius 3 is 1.40 bits per heavy atom. The lowest BCUT2D eigenvalue weighted by atomic mass is 10.1. The minimum atomic E-state index is -3.28. The average Bonchev–Trinajstić information content (AvgIpc) is 3.29. The van der Waals surface area contributed by atoms with E-state index in [0.717, 1.165) is 24.3 Å². The van der Waals surface area contributed by atoms with Crippen molar-refractivity contribution in [3.05, 3.63) is 128 Å². The fourth-order valence-electron chi connectivity index (χ4n) is 6.20. The van der Waals surface area contributed by atoms with Crippen LogP contribution in [0, 0.1) is 23.3 Å². The van der Waals surface area contributed by atoms with Gasteiger partial charge in [-0.3, -0.25) is 24.2 Å². The molecular weight excluding hydrogens is 885 g/mol. The largest absolute Gasteiger partial charge is 0.378 e. The number of carbonyl (C=O) groups is 5. The molecule has 5 amide bonds. The molecule has 2 aliphatic heterocycles. The second-order valence-electron chi connectivity index (χ2n) is 13.8. The van der Waals surface area contributed by atoms with Crippen molar-refractivity contribution in [3.63, 3.8) is 0 Å². The zero-order valence-corrected chi connectivity index (χ0v) is 34.8. The van der Waals surface area contributed by atoms with Gasteiger partial charge in [0.2, 0.25) is 0 Å². The second-order valence-corrected chi connectivity index (χ2v) is 14.6. The van der Waals surface area contributed by atoms with Crippen molar-refractivity contribution in [2.75, 3.05) is 75.5 Å². The van der Waals surface area contributed by atoms with Crippen LogP contribution in [0.25, 0.3) is 0 Å². The van der Waals surface area contributed by atoms with Crippen molar-refractivity contribution in [3.8, 4) is 0 Å². The SMILES string of the molecule is NCC(=O)c1ccc(CN(C(=O)N2CCOCC2)c2ccc(F)c(Cl)c2)c(F)c1.O=C(CNC(=O)C(F)F)c1ccc(CN(C(=O)N2CCOCC2)c2ccc(F)c(Cl)c2)c(F)c1. The molecule has 13 nitrogen and oxygen atoms in total. The number of Topliss-reactive ketones (excluding diaryl/α,β-unsaturated/α-hetero) is 2. The van der Waals surface area contributed by atoms with Gasteiger partial charge in [-0.25, -0.2) is 27.2 Å². The van der Waals surface area contributed by atoms with Crippen molar-refractivity contribution in [1.82, 2.24) is 15.1 Å². The normalized spacial score (nSPS) is 13.8. The molecule has 4 aromatic carbocycles. The zero-order valence-electron chi connectivity index (χ0n) is 33.2. The Balaban J connectivity index is 0.000000240. The molecule has 0 bridgehead atoms. The molecule has 3 N–H and O–H groups in total. The van der Waals surface area contributed by atoms with Gasteiger partial charge < -0.3 is 30.3 Å². The maximum Gasteiger partial charge on any atom is 0.324 e. The number of nitrogens with two attached hydrogens (primary N) is 1. The Bertz CT molecular complexity index is 2320. The van der Waals surface area contributed by atoms with Gasteiger partial charge in [0, 0.05) is 59.8 Å². The third kappa shape index (κ3) is 12.9. The molecule has 4 aromatic rings. The highest BCUT2D eigenvalue weighted by atomic mass is 35.5. The first-order valence-corrected chi connectivity index (χ1v) is 19.9. The Hall–Kier alpha value is -5.73. The number of nitrogens with one attached hydrogen (secondary N) is 1. The molecule has 0 unspecified atom stereocenters. The van der Waals surface area contributed by atoms with E-state index >= 15 is 0 Å². The lowest BCUT2D eigenvalue weighted by Crippen LogP contribution is -2.48. The Labute approximate surface area is 367 Å². The standard InChI is InChI=1S/C22H20ClF4N3O4.C20H20ClF2N3O3/c23-16-10-15(3-4-17(16)24)30(22(33)29-5-7-34-8-6-29)12-14-2-1-13(9-18(14)25)19(31)11-28-21(32)20(26)27;21-16-10-15(3-4-17(16)22)26(20(28)25-5-7-29-8-6-25)12-14-2-1-13(9-18(14)23)19(27)11-24/h1-4,9-10,20H,5-8,11-12H2,(H,28,32);1-4,9-10H,5-8,11-12,24H2. The maximum atomic E-state index is 14.8. The van der Waals surface area contributed by atoms with E-state index in [2.05, 4.69) is 0 Å². The summed E-state index contributed by atoms with van der Waals surface area (Å²) in [6.45, 7) is 1.51. The molecule has 0 spiro atoms. The van der Waals surface area contributed by atoms with Crippen molar-refractivity contribution < 1.29 is 59.8 Å². The number of alkyl halides is 2. The molecule has 2 fully saturated rings. The monoisotopic (exact) mass is 924 g/mol. The van der Waals surface area contributed by atoms with Gasteiger partial charge in [0.1, 0.15) is 23.3 Å². The van der Waals surface area contributed by atoms with Gasteiger partial charge in [-0.1, -0.05) is 47.5 Å². The lowest BCUT2D eigenvalue weighted by molar-refractivity contribution is -0.131. The summed E-state index contributed by atoms with van der Waals surface area (Å²) >= 11 is 11.8. The molecular formula is C42H40Cl2F6N6O7. The number of anilines is 2. The molecule has 0 atom stereocenters. The van der Waals surface area contributed by atoms with Crippen LogP contribution in [0.4, 0.5) is 47.3 Å². The first-order chi connectivity index (χ1) is 30.1. The van der Waals surface area contributed by atoms with Crippen LogP contribution < -0.4 is 20.9 Å². The van der Waals surface area contributed by atoms with E-state index in [1.165, 1.54) is 63.2 Å². The number of morpholine rings is 2. The number of ketones is 2. The van der Waals surface area contributed by atoms with E-state index in [1.807, 2.05) is 0 Å². The van der Waals surface area contributed by atoms with Gasteiger partial charge in [-0.2, -0.15) is 8.78 Å². The highest BCUT2D eigenvalue weighted by Crippen LogP contribution is 2.28. The van der Waals surface area contributed by atoms with Crippen LogP contribution in [-0.2, 0) is 27.4 Å². The van der Waals surface area contributed by atoms with Gasteiger partial charge in [-0.15, -0.1) is 0 Å². The van der Waals surface area contributed by atoms with Crippen molar-refractivity contribution in [2.24, 2.45) is 5.73 Å². The highest BCUT2D eigenvalue weighted by molar-refractivity contribution is 6.31. The number of nitrogens with zero attached hydrogens (tertiary/aromatic N) is 4. The smallest absolute Gasteiger partial charge is 0.324 e. The zero-order chi connectivity index (χ0) is 45.8. The van der Waals surface area contributed by atoms with Gasteiger partial charge in [0.15, 0.2) is 11.6 Å². The summed E-state index contributed by atoms with van der Waals surface area (Å²) < 4.78 is 91.7. The summed E-state index contributed by atoms with van der Waals surface area (Å²) in [6.07, 6.45) is -3.28. The van der Waals surface area contributed by atoms with E-state index < -0.39 is 54.0 Å². The molecule has 0 saturated carbocycles. The fraction of sp³-hybridized carbons (Fsp3) is 0.310. The van der Waals surface area contributed by atoms with Crippen LogP contribution in [0.15, 0.2) is 72.8 Å². The number of hydrogen-bond acceptors (Lipinski definition) is 8. The summed E-state index contributed by atoms with van der Waals surface area (Å²) in [7, 11) is 0. The summed E-state index contributed by atoms with van der Waals surface area (Å²) in [5.41, 5.74) is 6.12. The molecule has 2 aliphatic rings. The fourth-order valence-corrected chi connectivity index (χ4v) is 6.55. The Kier molecular flexibility index (Phi) is 17.3. The third-order valence-corrected chi connectivity index (χ3v) is 10.2. The topological polar surface area (TPSA) is 155 Å². The van der Waals surface area contributed by atoms with Crippen LogP contribution in [0.2, 0.25) is 10.0 Å². The number of benzene rings is 4. The van der Waals surface area contributed by atoms with E-state index in [-0.39, 0.29) is 69.4 Å². The minimum Gasteiger partial charge on any atom is -0.378 e. The summed E-state index contributed by atoms with van der Waals surface area (Å²) in [5, 5.41) is 1.39. The predicted molar refractivity (Wildman–Crippen MR) is 220 cm³/mol. The number of amides is 5. The first kappa shape index (κ1) is 48.3. The number of halogens is 8. The van der Waals surface area contributed by atoms with E-state index in [1.54, 1.807) is 10.2 Å². The quantitative estimate of drug-likeness (QED) is 0.116. The number of ether oxygens (including phenoxy) is 2. The van der Waals surface area contributed by atoms with Gasteiger partial charge in [0.25, 0.3) is 5.91 Å². The summed E-state index contributed by atoms with van der Waals surface area (Å²) in [4.78, 5) is 66.6. The maximum absolute atomic E-state index is 14.8. The van der Waals surface area contributed by atoms with Crippen molar-refractivity contribution >= 4 is 64.1 Å². The molecule has 0 radical (unpaired) electrons. The molecule has 21 heteroatoms. The Morgan fingerprint density at radius 2 is 1.03 bits per heavy atom. The predicted octanol–water partition coefficient (Wildman–Crippen LogP) is 6.86. The van der Waals surface area contributed by atoms with Crippen molar-refractivity contribution in [2.45, 2.75) is 19.5 Å². The van der Waals surface area contributed by atoms with Crippen LogP contribution >= 0.6 is 23.2 Å². The molecule has 336 valence electrons. The van der Waals surface area contributed by atoms with Gasteiger partial charge in [-0.05, 0) is 48.5 Å². The van der Waals surface area contributed by atoms with Crippen LogP contribution in [0.5, 0.6) is 0 Å². The van der Waals surface area contributed by atoms with E-state index in [4.69, 9.17) is 38.4 Å². The lowest BCUT2D eigenvalue weighted by Gasteiger charge is -2.33. The average molecular weight is 926 g/mol. The molecule has 0 aromatic heterocycles. The Morgan fingerprint density at radius 1 is 0.619 bits per heavy atom. The van der Waals surface area contributed by atoms with Crippen molar-refractivity contribution in [1.29, 1.82) is 0 Å². The summed E-state index contributed by atoms with van der Waals surface area (Å²) in [5.74, 6) is -5.55. The molecule has 2 heterocycles. The second kappa shape index (κ2) is 22.6. The van der Waals surface area contributed by atoms with E-state index in [9.17, 15) is 50.3 Å². The van der Waals surface area contributed by atoms with Crippen LogP contribution in [0.3, 0.4) is 0 Å². The molecule has 0 aliphatic carbocycles. The molecule has 63 heavy (non-hydrogen) atoms. The van der Waals surface area contributed by atoms with E-state index in [0.29, 0.717) is 58.3 Å². The van der Waals surface area contributed by atoms with Crippen LogP contribution in [0.1, 0.15) is 31.8 Å². The molecule has 6 rings (SSSR count). The minimum absolute atomic E-state index is 0.0372. The highest BCUT2D eigenvalue weighted by Gasteiger charge is 2.28. The number of urea groups is 2. The van der Waals surface area contributed by atoms with Crippen LogP contribution in [-0.4, -0.2) is 111 Å².